The summed E-state index contributed by atoms with van der Waals surface area (Å²) in [5, 5.41) is 6.09. The van der Waals surface area contributed by atoms with Crippen molar-refractivity contribution in [2.75, 3.05) is 32.5 Å². The number of rotatable bonds is 7. The quantitative estimate of drug-likeness (QED) is 0.703. The second-order valence-corrected chi connectivity index (χ2v) is 7.45. The predicted molar refractivity (Wildman–Crippen MR) is 95.5 cm³/mol. The monoisotopic (exact) mass is 374 g/mol. The van der Waals surface area contributed by atoms with E-state index < -0.39 is 9.84 Å². The average molecular weight is 375 g/mol. The van der Waals surface area contributed by atoms with Gasteiger partial charge in [-0.2, -0.15) is 0 Å². The summed E-state index contributed by atoms with van der Waals surface area (Å²) in [5.41, 5.74) is 1.24. The Balaban J connectivity index is 0.00000288. The standard InChI is InChI=1S/C16H22N2O4S.ClH/c1-23(20,21)15-4-2-14(3-5-15)22-11-8-16(19)18-12-13-6-9-17-10-7-13;/h2-6,17H,7-12H2,1H3,(H,18,19);1H. The first-order valence-electron chi connectivity index (χ1n) is 7.53. The summed E-state index contributed by atoms with van der Waals surface area (Å²) in [6.45, 7) is 2.65. The van der Waals surface area contributed by atoms with Crippen molar-refractivity contribution in [1.29, 1.82) is 0 Å². The molecule has 0 fully saturated rings. The number of ether oxygens (including phenoxy) is 1. The van der Waals surface area contributed by atoms with Gasteiger partial charge >= 0.3 is 0 Å². The summed E-state index contributed by atoms with van der Waals surface area (Å²) in [5.74, 6) is 0.489. The molecular weight excluding hydrogens is 352 g/mol. The van der Waals surface area contributed by atoms with E-state index in [1.165, 1.54) is 17.7 Å². The van der Waals surface area contributed by atoms with E-state index in [2.05, 4.69) is 16.7 Å². The highest BCUT2D eigenvalue weighted by Crippen LogP contribution is 2.15. The SMILES string of the molecule is CS(=O)(=O)c1ccc(OCCC(=O)NCC2=CCNCC2)cc1.Cl. The molecule has 0 atom stereocenters. The van der Waals surface area contributed by atoms with E-state index in [1.54, 1.807) is 12.1 Å². The topological polar surface area (TPSA) is 84.5 Å². The van der Waals surface area contributed by atoms with Crippen molar-refractivity contribution in [3.63, 3.8) is 0 Å². The Morgan fingerprint density at radius 2 is 2.00 bits per heavy atom. The minimum atomic E-state index is -3.20. The van der Waals surface area contributed by atoms with Gasteiger partial charge in [0.05, 0.1) is 17.9 Å². The van der Waals surface area contributed by atoms with Gasteiger partial charge in [-0.15, -0.1) is 12.4 Å². The predicted octanol–water partition coefficient (Wildman–Crippen LogP) is 1.32. The lowest BCUT2D eigenvalue weighted by Gasteiger charge is -2.14. The molecule has 0 saturated heterocycles. The molecular formula is C16H23ClN2O4S. The maximum Gasteiger partial charge on any atom is 0.223 e. The summed E-state index contributed by atoms with van der Waals surface area (Å²) in [4.78, 5) is 12.0. The molecule has 0 radical (unpaired) electrons. The molecule has 134 valence electrons. The van der Waals surface area contributed by atoms with Gasteiger partial charge < -0.3 is 15.4 Å². The first kappa shape index (κ1) is 20.5. The summed E-state index contributed by atoms with van der Waals surface area (Å²) >= 11 is 0. The van der Waals surface area contributed by atoms with Crippen molar-refractivity contribution in [3.8, 4) is 5.75 Å². The fraction of sp³-hybridized carbons (Fsp3) is 0.438. The molecule has 0 unspecified atom stereocenters. The Morgan fingerprint density at radius 1 is 1.29 bits per heavy atom. The molecule has 0 bridgehead atoms. The van der Waals surface area contributed by atoms with Crippen molar-refractivity contribution >= 4 is 28.2 Å². The van der Waals surface area contributed by atoms with Crippen LogP contribution in [0.3, 0.4) is 0 Å². The molecule has 0 aliphatic carbocycles. The highest BCUT2D eigenvalue weighted by atomic mass is 35.5. The summed E-state index contributed by atoms with van der Waals surface area (Å²) in [7, 11) is -3.20. The minimum absolute atomic E-state index is 0. The molecule has 0 spiro atoms. The Labute approximate surface area is 149 Å². The zero-order chi connectivity index (χ0) is 16.7. The minimum Gasteiger partial charge on any atom is -0.493 e. The molecule has 1 aliphatic rings. The zero-order valence-corrected chi connectivity index (χ0v) is 15.2. The third-order valence-electron chi connectivity index (χ3n) is 3.52. The normalized spacial score (nSPS) is 14.3. The van der Waals surface area contributed by atoms with Crippen LogP contribution < -0.4 is 15.4 Å². The Hall–Kier alpha value is -1.57. The highest BCUT2D eigenvalue weighted by Gasteiger charge is 2.08. The molecule has 24 heavy (non-hydrogen) atoms. The highest BCUT2D eigenvalue weighted by molar-refractivity contribution is 7.90. The lowest BCUT2D eigenvalue weighted by Crippen LogP contribution is -2.30. The number of hydrogen-bond acceptors (Lipinski definition) is 5. The first-order chi connectivity index (χ1) is 10.9. The zero-order valence-electron chi connectivity index (χ0n) is 13.6. The Morgan fingerprint density at radius 3 is 2.58 bits per heavy atom. The number of benzene rings is 1. The van der Waals surface area contributed by atoms with Crippen molar-refractivity contribution in [2.24, 2.45) is 0 Å². The number of amides is 1. The van der Waals surface area contributed by atoms with Gasteiger partial charge in [0.15, 0.2) is 9.84 Å². The van der Waals surface area contributed by atoms with Crippen molar-refractivity contribution in [2.45, 2.75) is 17.7 Å². The van der Waals surface area contributed by atoms with Gasteiger partial charge in [-0.25, -0.2) is 8.42 Å². The number of hydrogen-bond donors (Lipinski definition) is 2. The lowest BCUT2D eigenvalue weighted by molar-refractivity contribution is -0.121. The molecule has 1 heterocycles. The fourth-order valence-corrected chi connectivity index (χ4v) is 2.81. The van der Waals surface area contributed by atoms with Crippen molar-refractivity contribution < 1.29 is 17.9 Å². The third kappa shape index (κ3) is 6.90. The van der Waals surface area contributed by atoms with Gasteiger partial charge in [0.1, 0.15) is 5.75 Å². The van der Waals surface area contributed by atoms with Crippen LogP contribution in [0.25, 0.3) is 0 Å². The van der Waals surface area contributed by atoms with Crippen LogP contribution in [0.4, 0.5) is 0 Å². The fourth-order valence-electron chi connectivity index (χ4n) is 2.18. The Kier molecular flexibility index (Phi) is 8.24. The van der Waals surface area contributed by atoms with Gasteiger partial charge in [0.25, 0.3) is 0 Å². The van der Waals surface area contributed by atoms with Crippen LogP contribution in [0.1, 0.15) is 12.8 Å². The maximum atomic E-state index is 11.7. The van der Waals surface area contributed by atoms with Crippen LogP contribution in [0.2, 0.25) is 0 Å². The largest absolute Gasteiger partial charge is 0.493 e. The first-order valence-corrected chi connectivity index (χ1v) is 9.42. The molecule has 8 heteroatoms. The second kappa shape index (κ2) is 9.66. The second-order valence-electron chi connectivity index (χ2n) is 5.44. The van der Waals surface area contributed by atoms with Crippen LogP contribution in [-0.2, 0) is 14.6 Å². The van der Waals surface area contributed by atoms with Gasteiger partial charge in [-0.1, -0.05) is 11.6 Å². The van der Waals surface area contributed by atoms with E-state index in [0.717, 1.165) is 25.8 Å². The van der Waals surface area contributed by atoms with Crippen LogP contribution in [0.5, 0.6) is 5.75 Å². The van der Waals surface area contributed by atoms with Gasteiger partial charge in [-0.3, -0.25) is 4.79 Å². The number of sulfone groups is 1. The number of halogens is 1. The van der Waals surface area contributed by atoms with Crippen molar-refractivity contribution in [3.05, 3.63) is 35.9 Å². The maximum absolute atomic E-state index is 11.7. The van der Waals surface area contributed by atoms with E-state index >= 15 is 0 Å². The lowest BCUT2D eigenvalue weighted by atomic mass is 10.1. The van der Waals surface area contributed by atoms with Gasteiger partial charge in [-0.05, 0) is 37.2 Å². The van der Waals surface area contributed by atoms with Gasteiger partial charge in [0, 0.05) is 19.3 Å². The number of carbonyl (C=O) groups excluding carboxylic acids is 1. The van der Waals surface area contributed by atoms with E-state index in [1.807, 2.05) is 0 Å². The van der Waals surface area contributed by atoms with Crippen LogP contribution >= 0.6 is 12.4 Å². The smallest absolute Gasteiger partial charge is 0.223 e. The summed E-state index contributed by atoms with van der Waals surface area (Å²) in [6, 6.07) is 6.17. The van der Waals surface area contributed by atoms with E-state index in [9.17, 15) is 13.2 Å². The molecule has 0 aromatic heterocycles. The van der Waals surface area contributed by atoms with Crippen molar-refractivity contribution in [1.82, 2.24) is 10.6 Å². The summed E-state index contributed by atoms with van der Waals surface area (Å²) < 4.78 is 28.2. The molecule has 1 aromatic rings. The Bertz CT molecular complexity index is 672. The van der Waals surface area contributed by atoms with E-state index in [0.29, 0.717) is 12.3 Å². The summed E-state index contributed by atoms with van der Waals surface area (Å²) in [6.07, 6.45) is 4.48. The molecule has 1 aliphatic heterocycles. The van der Waals surface area contributed by atoms with Crippen LogP contribution in [-0.4, -0.2) is 46.8 Å². The molecule has 1 aromatic carbocycles. The van der Waals surface area contributed by atoms with E-state index in [4.69, 9.17) is 4.74 Å². The molecule has 2 N–H and O–H groups in total. The van der Waals surface area contributed by atoms with Crippen LogP contribution in [0.15, 0.2) is 40.8 Å². The molecule has 2 rings (SSSR count). The number of nitrogens with one attached hydrogen (secondary N) is 2. The number of carbonyl (C=O) groups is 1. The van der Waals surface area contributed by atoms with E-state index in [-0.39, 0.29) is 36.2 Å². The molecule has 0 saturated carbocycles. The van der Waals surface area contributed by atoms with Crippen LogP contribution in [0, 0.1) is 0 Å². The average Bonchev–Trinajstić information content (AvgIpc) is 2.53. The molecule has 6 nitrogen and oxygen atoms in total. The third-order valence-corrected chi connectivity index (χ3v) is 4.65. The van der Waals surface area contributed by atoms with Gasteiger partial charge in [0.2, 0.25) is 5.91 Å². The molecule has 1 amide bonds.